The molecule has 55 heavy (non-hydrogen) atoms. The van der Waals surface area contributed by atoms with E-state index >= 15 is 0 Å². The van der Waals surface area contributed by atoms with E-state index in [0.717, 1.165) is 74.7 Å². The second-order valence-electron chi connectivity index (χ2n) is 13.6. The molecular formula is C42H66N5O7P. The zero-order chi connectivity index (χ0) is 40.5. The molecular weight excluding hydrogens is 717 g/mol. The number of allylic oxidation sites excluding steroid dienone is 1. The number of nitrogens with one attached hydrogen (secondary N) is 3. The average Bonchev–Trinajstić information content (AvgIpc) is 3.54. The van der Waals surface area contributed by atoms with Gasteiger partial charge in [-0.2, -0.15) is 4.73 Å². The number of benzene rings is 2. The smallest absolute Gasteiger partial charge is 0.328 e. The summed E-state index contributed by atoms with van der Waals surface area (Å²) in [5.41, 5.74) is 4.28. The number of amides is 3. The van der Waals surface area contributed by atoms with Crippen molar-refractivity contribution in [1.82, 2.24) is 25.6 Å². The summed E-state index contributed by atoms with van der Waals surface area (Å²) in [7, 11) is -1.72. The summed E-state index contributed by atoms with van der Waals surface area (Å²) in [5.74, 6) is -0.687. The molecule has 2 unspecified atom stereocenters. The normalized spacial score (nSPS) is 17.8. The van der Waals surface area contributed by atoms with E-state index in [-0.39, 0.29) is 49.6 Å². The van der Waals surface area contributed by atoms with Crippen LogP contribution in [0.3, 0.4) is 0 Å². The van der Waals surface area contributed by atoms with Crippen LogP contribution in [0.2, 0.25) is 0 Å². The topological polar surface area (TPSA) is 151 Å². The molecule has 2 aliphatic rings. The van der Waals surface area contributed by atoms with E-state index in [2.05, 4.69) is 67.6 Å². The first kappa shape index (κ1) is 47.0. The second kappa shape index (κ2) is 26.6. The highest BCUT2D eigenvalue weighted by Gasteiger charge is 2.30. The number of fused-ring (bicyclic) bond motifs is 2. The van der Waals surface area contributed by atoms with Crippen LogP contribution in [-0.4, -0.2) is 77.7 Å². The van der Waals surface area contributed by atoms with Gasteiger partial charge in [-0.05, 0) is 56.2 Å². The first-order chi connectivity index (χ1) is 26.5. The fraction of sp³-hybridized carbons (Fsp3) is 0.548. The Morgan fingerprint density at radius 3 is 2.15 bits per heavy atom. The van der Waals surface area contributed by atoms with Crippen LogP contribution in [0.1, 0.15) is 103 Å². The number of nitrogens with zero attached hydrogens (tertiary/aromatic N) is 2. The number of hydrogen-bond acceptors (Lipinski definition) is 7. The molecule has 12 nitrogen and oxygen atoms in total. The molecule has 2 saturated heterocycles. The SMILES string of the molecule is CCC/C=C1\CNC(=O)CNC(=O)CNC(=O)C2CCCCN12.CCCC.CCCCCP(=O)(O)OCc1ccccc1.COn1cc(C)c2ccccc21. The molecule has 5 rings (SSSR count). The van der Waals surface area contributed by atoms with Gasteiger partial charge in [0.25, 0.3) is 0 Å². The molecule has 3 amide bonds. The number of carbonyl (C=O) groups excluding carboxylic acids is 3. The number of piperidine rings is 1. The molecule has 0 spiro atoms. The van der Waals surface area contributed by atoms with Crippen molar-refractivity contribution in [3.63, 3.8) is 0 Å². The molecule has 0 saturated carbocycles. The van der Waals surface area contributed by atoms with Crippen LogP contribution >= 0.6 is 7.60 Å². The highest BCUT2D eigenvalue weighted by Crippen LogP contribution is 2.43. The monoisotopic (exact) mass is 783 g/mol. The number of hydrogen-bond donors (Lipinski definition) is 4. The molecule has 306 valence electrons. The molecule has 3 aromatic rings. The Bertz CT molecular complexity index is 1640. The van der Waals surface area contributed by atoms with Crippen molar-refractivity contribution >= 4 is 36.2 Å². The molecule has 3 heterocycles. The fourth-order valence-corrected chi connectivity index (χ4v) is 6.87. The van der Waals surface area contributed by atoms with Gasteiger partial charge in [0.15, 0.2) is 0 Å². The van der Waals surface area contributed by atoms with Crippen LogP contribution in [0, 0.1) is 6.92 Å². The lowest BCUT2D eigenvalue weighted by Gasteiger charge is -2.38. The minimum absolute atomic E-state index is 0.0702. The first-order valence-corrected chi connectivity index (χ1v) is 21.6. The van der Waals surface area contributed by atoms with Crippen molar-refractivity contribution in [2.75, 3.05) is 39.5 Å². The van der Waals surface area contributed by atoms with Gasteiger partial charge in [-0.3, -0.25) is 18.9 Å². The number of unbranched alkanes of at least 4 members (excludes halogenated alkanes) is 4. The Morgan fingerprint density at radius 2 is 1.49 bits per heavy atom. The van der Waals surface area contributed by atoms with Crippen molar-refractivity contribution in [3.8, 4) is 0 Å². The zero-order valence-electron chi connectivity index (χ0n) is 34.0. The fourth-order valence-electron chi connectivity index (χ4n) is 5.77. The van der Waals surface area contributed by atoms with Crippen LogP contribution in [-0.2, 0) is 30.1 Å². The highest BCUT2D eigenvalue weighted by atomic mass is 31.2. The summed E-state index contributed by atoms with van der Waals surface area (Å²) in [5, 5.41) is 9.27. The molecule has 4 N–H and O–H groups in total. The summed E-state index contributed by atoms with van der Waals surface area (Å²) in [6, 6.07) is 17.4. The summed E-state index contributed by atoms with van der Waals surface area (Å²) in [6.07, 6.45) is 14.5. The summed E-state index contributed by atoms with van der Waals surface area (Å²) in [6.45, 7) is 11.8. The van der Waals surface area contributed by atoms with Gasteiger partial charge in [0, 0.05) is 30.0 Å². The number of aryl methyl sites for hydroxylation is 1. The Morgan fingerprint density at radius 1 is 0.836 bits per heavy atom. The van der Waals surface area contributed by atoms with Crippen molar-refractivity contribution in [1.29, 1.82) is 0 Å². The molecule has 0 aliphatic carbocycles. The van der Waals surface area contributed by atoms with Gasteiger partial charge < -0.3 is 35.1 Å². The van der Waals surface area contributed by atoms with E-state index in [4.69, 9.17) is 9.36 Å². The van der Waals surface area contributed by atoms with Crippen molar-refractivity contribution in [3.05, 3.63) is 83.7 Å². The Labute approximate surface area is 328 Å². The van der Waals surface area contributed by atoms with Gasteiger partial charge >= 0.3 is 7.60 Å². The lowest BCUT2D eigenvalue weighted by molar-refractivity contribution is -0.130. The lowest BCUT2D eigenvalue weighted by Crippen LogP contribution is -2.53. The molecule has 2 atom stereocenters. The molecule has 13 heteroatoms. The highest BCUT2D eigenvalue weighted by molar-refractivity contribution is 7.52. The van der Waals surface area contributed by atoms with Crippen LogP contribution in [0.4, 0.5) is 0 Å². The third-order valence-corrected chi connectivity index (χ3v) is 10.5. The Balaban J connectivity index is 0.000000284. The van der Waals surface area contributed by atoms with E-state index in [0.29, 0.717) is 6.54 Å². The predicted molar refractivity (Wildman–Crippen MR) is 222 cm³/mol. The van der Waals surface area contributed by atoms with Gasteiger partial charge in [0.05, 0.1) is 31.8 Å². The van der Waals surface area contributed by atoms with Crippen LogP contribution in [0.5, 0.6) is 0 Å². The third-order valence-electron chi connectivity index (χ3n) is 9.07. The molecule has 1 aromatic heterocycles. The second-order valence-corrected chi connectivity index (χ2v) is 15.6. The largest absolute Gasteiger partial charge is 0.417 e. The van der Waals surface area contributed by atoms with Crippen molar-refractivity contribution in [2.45, 2.75) is 111 Å². The molecule has 2 fully saturated rings. The van der Waals surface area contributed by atoms with Gasteiger partial charge in [0.2, 0.25) is 17.7 Å². The maximum Gasteiger partial charge on any atom is 0.328 e. The van der Waals surface area contributed by atoms with E-state index < -0.39 is 7.60 Å². The summed E-state index contributed by atoms with van der Waals surface area (Å²) in [4.78, 5) is 52.7. The first-order valence-electron chi connectivity index (χ1n) is 19.9. The summed E-state index contributed by atoms with van der Waals surface area (Å²) < 4.78 is 18.5. The molecule has 0 radical (unpaired) electrons. The zero-order valence-corrected chi connectivity index (χ0v) is 34.9. The van der Waals surface area contributed by atoms with Crippen LogP contribution in [0.25, 0.3) is 10.9 Å². The quantitative estimate of drug-likeness (QED) is 0.117. The van der Waals surface area contributed by atoms with Gasteiger partial charge in [-0.25, -0.2) is 0 Å². The molecule has 2 aromatic carbocycles. The van der Waals surface area contributed by atoms with Crippen LogP contribution < -0.4 is 20.8 Å². The standard InChI is InChI=1S/C16H26N4O3.C12H19O3P.C10H11NO.C4H10/c1-2-3-6-12-9-17-14(21)10-18-15(22)11-19-16(23)13-7-4-5-8-20(12)13;1-2-3-7-10-16(13,14)15-11-12-8-5-4-6-9-12;1-8-7-11(12-2)10-6-4-3-5-9(8)10;1-3-4-2/h6,13H,2-5,7-11H2,1H3,(H,17,21)(H,18,22)(H,19,23);4-6,8-9H,2-3,7,10-11H2,1H3,(H,13,14);3-7H,1-2H3;3-4H2,1-2H3/b12-6+;;;. The number of aromatic nitrogens is 1. The maximum absolute atomic E-state index is 12.4. The number of rotatable bonds is 11. The van der Waals surface area contributed by atoms with E-state index in [9.17, 15) is 23.8 Å². The predicted octanol–water partition coefficient (Wildman–Crippen LogP) is 7.28. The maximum atomic E-state index is 12.4. The minimum atomic E-state index is -3.39. The lowest BCUT2D eigenvalue weighted by atomic mass is 10.00. The number of para-hydroxylation sites is 1. The van der Waals surface area contributed by atoms with Gasteiger partial charge in [-0.15, -0.1) is 0 Å². The molecule has 2 aliphatic heterocycles. The minimum Gasteiger partial charge on any atom is -0.417 e. The van der Waals surface area contributed by atoms with Gasteiger partial charge in [-0.1, -0.05) is 114 Å². The third kappa shape index (κ3) is 17.9. The van der Waals surface area contributed by atoms with E-state index in [1.54, 1.807) is 11.8 Å². The Hall–Kier alpha value is -4.12. The Kier molecular flexibility index (Phi) is 22.8. The van der Waals surface area contributed by atoms with Crippen molar-refractivity contribution < 1.29 is 33.2 Å². The van der Waals surface area contributed by atoms with Crippen molar-refractivity contribution in [2.24, 2.45) is 0 Å². The van der Waals surface area contributed by atoms with E-state index in [1.807, 2.05) is 54.7 Å². The molecule has 0 bridgehead atoms. The van der Waals surface area contributed by atoms with Crippen LogP contribution in [0.15, 0.2) is 72.6 Å². The average molecular weight is 784 g/mol. The van der Waals surface area contributed by atoms with Gasteiger partial charge in [0.1, 0.15) is 13.2 Å². The summed E-state index contributed by atoms with van der Waals surface area (Å²) >= 11 is 0. The number of carbonyl (C=O) groups is 3. The van der Waals surface area contributed by atoms with E-state index in [1.165, 1.54) is 23.8 Å².